The van der Waals surface area contributed by atoms with Gasteiger partial charge >= 0.3 is 6.08 Å². The van der Waals surface area contributed by atoms with Crippen LogP contribution in [0.4, 0.5) is 0 Å². The molecule has 6 heteroatoms. The van der Waals surface area contributed by atoms with Crippen molar-refractivity contribution in [1.82, 2.24) is 15.5 Å². The predicted octanol–water partition coefficient (Wildman–Crippen LogP) is 3.06. The van der Waals surface area contributed by atoms with Gasteiger partial charge in [0.15, 0.2) is 6.61 Å². The van der Waals surface area contributed by atoms with E-state index in [4.69, 9.17) is 9.15 Å². The Morgan fingerprint density at radius 1 is 1.25 bits per heavy atom. The lowest BCUT2D eigenvalue weighted by atomic mass is 9.78. The van der Waals surface area contributed by atoms with Crippen molar-refractivity contribution in [3.63, 3.8) is 0 Å². The standard InChI is InChI=1S/C18H23N3O3/c1-12-7-6-10-15(13(12)2)19-16(22)11-23-18-21-20-17(24-18)14-8-4-3-5-9-14/h3-5,8-9,12-13,15H,6-7,10-11H2,1-2H3,(H,19,22)/t12-,13+,15+/m1/s1. The maximum absolute atomic E-state index is 12.1. The van der Waals surface area contributed by atoms with E-state index in [2.05, 4.69) is 29.4 Å². The molecule has 0 saturated heterocycles. The van der Waals surface area contributed by atoms with E-state index in [0.29, 0.717) is 17.7 Å². The Labute approximate surface area is 141 Å². The van der Waals surface area contributed by atoms with Crippen LogP contribution in [0.1, 0.15) is 33.1 Å². The molecule has 0 spiro atoms. The molecule has 1 N–H and O–H groups in total. The van der Waals surface area contributed by atoms with Crippen LogP contribution in [-0.2, 0) is 4.79 Å². The van der Waals surface area contributed by atoms with Gasteiger partial charge < -0.3 is 14.5 Å². The second-order valence-electron chi connectivity index (χ2n) is 6.47. The number of carbonyl (C=O) groups is 1. The molecule has 1 fully saturated rings. The Morgan fingerprint density at radius 2 is 2.04 bits per heavy atom. The topological polar surface area (TPSA) is 77.2 Å². The number of hydrogen-bond acceptors (Lipinski definition) is 5. The van der Waals surface area contributed by atoms with Crippen LogP contribution in [0.25, 0.3) is 11.5 Å². The number of rotatable bonds is 5. The lowest BCUT2D eigenvalue weighted by Crippen LogP contribution is -2.45. The molecule has 2 aromatic rings. The summed E-state index contributed by atoms with van der Waals surface area (Å²) >= 11 is 0. The molecule has 6 nitrogen and oxygen atoms in total. The zero-order valence-corrected chi connectivity index (χ0v) is 14.1. The van der Waals surface area contributed by atoms with E-state index in [9.17, 15) is 4.79 Å². The number of benzene rings is 1. The first-order chi connectivity index (χ1) is 11.6. The molecule has 1 amide bonds. The van der Waals surface area contributed by atoms with Crippen molar-refractivity contribution in [3.8, 4) is 17.5 Å². The van der Waals surface area contributed by atoms with E-state index in [1.54, 1.807) is 0 Å². The fraction of sp³-hybridized carbons (Fsp3) is 0.500. The molecule has 3 rings (SSSR count). The van der Waals surface area contributed by atoms with Crippen molar-refractivity contribution < 1.29 is 13.9 Å². The first-order valence-corrected chi connectivity index (χ1v) is 8.44. The number of amides is 1. The van der Waals surface area contributed by atoms with Crippen LogP contribution in [0.15, 0.2) is 34.7 Å². The highest BCUT2D eigenvalue weighted by Gasteiger charge is 2.28. The Hall–Kier alpha value is -2.37. The van der Waals surface area contributed by atoms with Crippen LogP contribution in [0.5, 0.6) is 6.08 Å². The van der Waals surface area contributed by atoms with Crippen molar-refractivity contribution in [3.05, 3.63) is 30.3 Å². The van der Waals surface area contributed by atoms with Gasteiger partial charge in [-0.05, 0) is 30.4 Å². The SMILES string of the molecule is C[C@H]1[C@H](C)CCC[C@@H]1NC(=O)COc1nnc(-c2ccccc2)o1. The number of ether oxygens (including phenoxy) is 1. The van der Waals surface area contributed by atoms with Crippen LogP contribution in [0, 0.1) is 11.8 Å². The van der Waals surface area contributed by atoms with Gasteiger partial charge in [-0.25, -0.2) is 0 Å². The highest BCUT2D eigenvalue weighted by Crippen LogP contribution is 2.29. The lowest BCUT2D eigenvalue weighted by Gasteiger charge is -2.34. The normalized spacial score (nSPS) is 23.7. The van der Waals surface area contributed by atoms with Gasteiger partial charge in [-0.2, -0.15) is 0 Å². The van der Waals surface area contributed by atoms with Crippen molar-refractivity contribution >= 4 is 5.91 Å². The summed E-state index contributed by atoms with van der Waals surface area (Å²) in [6.45, 7) is 4.32. The number of hydrogen-bond donors (Lipinski definition) is 1. The van der Waals surface area contributed by atoms with Gasteiger partial charge in [0.25, 0.3) is 11.8 Å². The average molecular weight is 329 g/mol. The quantitative estimate of drug-likeness (QED) is 0.912. The van der Waals surface area contributed by atoms with Crippen molar-refractivity contribution in [1.29, 1.82) is 0 Å². The molecule has 1 heterocycles. The molecule has 3 atom stereocenters. The summed E-state index contributed by atoms with van der Waals surface area (Å²) in [5.41, 5.74) is 0.814. The Morgan fingerprint density at radius 3 is 2.83 bits per heavy atom. The molecule has 1 aromatic carbocycles. The van der Waals surface area contributed by atoms with Crippen LogP contribution in [-0.4, -0.2) is 28.8 Å². The molecule has 1 aromatic heterocycles. The summed E-state index contributed by atoms with van der Waals surface area (Å²) in [7, 11) is 0. The number of nitrogens with one attached hydrogen (secondary N) is 1. The van der Waals surface area contributed by atoms with Crippen LogP contribution >= 0.6 is 0 Å². The Balaban J connectivity index is 1.51. The zero-order valence-electron chi connectivity index (χ0n) is 14.1. The highest BCUT2D eigenvalue weighted by molar-refractivity contribution is 5.77. The number of carbonyl (C=O) groups excluding carboxylic acids is 1. The summed E-state index contributed by atoms with van der Waals surface area (Å²) in [6, 6.07) is 9.65. The van der Waals surface area contributed by atoms with E-state index in [0.717, 1.165) is 18.4 Å². The maximum atomic E-state index is 12.1. The van der Waals surface area contributed by atoms with Crippen LogP contribution < -0.4 is 10.1 Å². The summed E-state index contributed by atoms with van der Waals surface area (Å²) < 4.78 is 10.7. The van der Waals surface area contributed by atoms with Crippen molar-refractivity contribution in [2.24, 2.45) is 11.8 Å². The highest BCUT2D eigenvalue weighted by atomic mass is 16.6. The molecule has 0 aliphatic heterocycles. The summed E-state index contributed by atoms with van der Waals surface area (Å²) in [6.07, 6.45) is 3.42. The molecule has 0 bridgehead atoms. The second-order valence-corrected chi connectivity index (χ2v) is 6.47. The summed E-state index contributed by atoms with van der Waals surface area (Å²) in [5.74, 6) is 1.34. The third kappa shape index (κ3) is 3.93. The fourth-order valence-corrected chi connectivity index (χ4v) is 3.13. The number of aromatic nitrogens is 2. The van der Waals surface area contributed by atoms with Gasteiger partial charge in [0.05, 0.1) is 0 Å². The average Bonchev–Trinajstić information content (AvgIpc) is 3.07. The first-order valence-electron chi connectivity index (χ1n) is 8.44. The largest absolute Gasteiger partial charge is 0.439 e. The molecule has 128 valence electrons. The van der Waals surface area contributed by atoms with Gasteiger partial charge in [0.1, 0.15) is 0 Å². The van der Waals surface area contributed by atoms with E-state index in [1.165, 1.54) is 6.42 Å². The smallest absolute Gasteiger partial charge is 0.415 e. The molecule has 1 saturated carbocycles. The summed E-state index contributed by atoms with van der Waals surface area (Å²) in [4.78, 5) is 12.1. The van der Waals surface area contributed by atoms with Crippen LogP contribution in [0.3, 0.4) is 0 Å². The lowest BCUT2D eigenvalue weighted by molar-refractivity contribution is -0.125. The van der Waals surface area contributed by atoms with Crippen LogP contribution in [0.2, 0.25) is 0 Å². The number of nitrogens with zero attached hydrogens (tertiary/aromatic N) is 2. The molecule has 1 aliphatic rings. The van der Waals surface area contributed by atoms with Gasteiger partial charge in [-0.3, -0.25) is 4.79 Å². The molecular formula is C18H23N3O3. The van der Waals surface area contributed by atoms with Crippen molar-refractivity contribution in [2.75, 3.05) is 6.61 Å². The van der Waals surface area contributed by atoms with E-state index < -0.39 is 0 Å². The van der Waals surface area contributed by atoms with Gasteiger partial charge in [0.2, 0.25) is 0 Å². The molecule has 0 unspecified atom stereocenters. The minimum atomic E-state index is -0.152. The summed E-state index contributed by atoms with van der Waals surface area (Å²) in [5, 5.41) is 10.8. The van der Waals surface area contributed by atoms with E-state index >= 15 is 0 Å². The molecule has 0 radical (unpaired) electrons. The van der Waals surface area contributed by atoms with E-state index in [1.807, 2.05) is 30.3 Å². The third-order valence-electron chi connectivity index (χ3n) is 4.81. The molecule has 1 aliphatic carbocycles. The van der Waals surface area contributed by atoms with Gasteiger partial charge in [0, 0.05) is 11.6 Å². The zero-order chi connectivity index (χ0) is 16.9. The molecule has 24 heavy (non-hydrogen) atoms. The Bertz CT molecular complexity index is 671. The molecular weight excluding hydrogens is 306 g/mol. The van der Waals surface area contributed by atoms with Crippen molar-refractivity contribution in [2.45, 2.75) is 39.2 Å². The van der Waals surface area contributed by atoms with E-state index in [-0.39, 0.29) is 24.6 Å². The second kappa shape index (κ2) is 7.47. The fourth-order valence-electron chi connectivity index (χ4n) is 3.13. The minimum absolute atomic E-state index is 0.00839. The predicted molar refractivity (Wildman–Crippen MR) is 89.3 cm³/mol. The minimum Gasteiger partial charge on any atom is -0.439 e. The first kappa shape index (κ1) is 16.5. The maximum Gasteiger partial charge on any atom is 0.415 e. The Kier molecular flexibility index (Phi) is 5.13. The van der Waals surface area contributed by atoms with Gasteiger partial charge in [-0.15, -0.1) is 5.10 Å². The monoisotopic (exact) mass is 329 g/mol. The third-order valence-corrected chi connectivity index (χ3v) is 4.81. The van der Waals surface area contributed by atoms with Gasteiger partial charge in [-0.1, -0.05) is 50.0 Å².